The Balaban J connectivity index is 2.79. The lowest BCUT2D eigenvalue weighted by Gasteiger charge is -2.28. The molecule has 0 bridgehead atoms. The number of rotatable bonds is 6. The van der Waals surface area contributed by atoms with Gasteiger partial charge in [0.1, 0.15) is 0 Å². The number of hydrogen-bond acceptors (Lipinski definition) is 2. The second-order valence-electron chi connectivity index (χ2n) is 4.60. The normalized spacial score (nSPS) is 12.8. The number of hydrogen-bond donors (Lipinski definition) is 1. The molecule has 96 valence electrons. The second-order valence-corrected chi connectivity index (χ2v) is 4.60. The summed E-state index contributed by atoms with van der Waals surface area (Å²) in [6, 6.07) is 8.86. The van der Waals surface area contributed by atoms with Crippen molar-refractivity contribution in [3.8, 4) is 0 Å². The van der Waals surface area contributed by atoms with Crippen molar-refractivity contribution in [2.24, 2.45) is 0 Å². The quantitative estimate of drug-likeness (QED) is 0.811. The van der Waals surface area contributed by atoms with Crippen molar-refractivity contribution in [3.63, 3.8) is 0 Å². The average Bonchev–Trinajstić information content (AvgIpc) is 2.39. The lowest BCUT2D eigenvalue weighted by atomic mass is 10.1. The lowest BCUT2D eigenvalue weighted by Crippen LogP contribution is -2.30. The number of aliphatic hydroxyl groups is 1. The Morgan fingerprint density at radius 1 is 1.00 bits per heavy atom. The van der Waals surface area contributed by atoms with Crippen molar-refractivity contribution in [1.82, 2.24) is 0 Å². The first-order valence-electron chi connectivity index (χ1n) is 6.64. The Labute approximate surface area is 105 Å². The summed E-state index contributed by atoms with van der Waals surface area (Å²) in [7, 11) is 2.14. The zero-order chi connectivity index (χ0) is 12.8. The van der Waals surface area contributed by atoms with Crippen LogP contribution in [0.5, 0.6) is 0 Å². The number of nitrogens with zero attached hydrogens (tertiary/aromatic N) is 1. The van der Waals surface area contributed by atoms with Gasteiger partial charge in [-0.25, -0.2) is 0 Å². The van der Waals surface area contributed by atoms with Gasteiger partial charge in [0.25, 0.3) is 0 Å². The van der Waals surface area contributed by atoms with Gasteiger partial charge in [-0.3, -0.25) is 0 Å². The van der Waals surface area contributed by atoms with Gasteiger partial charge < -0.3 is 10.0 Å². The first kappa shape index (κ1) is 14.0. The van der Waals surface area contributed by atoms with Crippen molar-refractivity contribution in [3.05, 3.63) is 29.8 Å². The van der Waals surface area contributed by atoms with Crippen LogP contribution in [0.4, 0.5) is 5.69 Å². The maximum Gasteiger partial charge on any atom is 0.0787 e. The van der Waals surface area contributed by atoms with Crippen molar-refractivity contribution >= 4 is 5.69 Å². The highest BCUT2D eigenvalue weighted by Crippen LogP contribution is 2.22. The van der Waals surface area contributed by atoms with Crippen LogP contribution < -0.4 is 4.90 Å². The predicted octanol–water partition coefficient (Wildman–Crippen LogP) is 3.75. The molecule has 0 heterocycles. The van der Waals surface area contributed by atoms with E-state index < -0.39 is 0 Å². The highest BCUT2D eigenvalue weighted by molar-refractivity contribution is 5.48. The molecule has 17 heavy (non-hydrogen) atoms. The maximum atomic E-state index is 9.75. The van der Waals surface area contributed by atoms with E-state index in [0.29, 0.717) is 6.04 Å². The van der Waals surface area contributed by atoms with Crippen LogP contribution in [0.1, 0.15) is 51.7 Å². The molecule has 0 saturated heterocycles. The Kier molecular flexibility index (Phi) is 5.49. The molecular weight excluding hydrogens is 210 g/mol. The van der Waals surface area contributed by atoms with Gasteiger partial charge in [-0.05, 0) is 37.0 Å². The fourth-order valence-corrected chi connectivity index (χ4v) is 2.21. The van der Waals surface area contributed by atoms with Crippen molar-refractivity contribution in [1.29, 1.82) is 0 Å². The zero-order valence-electron chi connectivity index (χ0n) is 11.5. The molecule has 0 aliphatic carbocycles. The Morgan fingerprint density at radius 2 is 1.53 bits per heavy atom. The zero-order valence-corrected chi connectivity index (χ0v) is 11.5. The number of anilines is 1. The summed E-state index contributed by atoms with van der Waals surface area (Å²) in [6.07, 6.45) is 2.75. The van der Waals surface area contributed by atoms with E-state index in [2.05, 4.69) is 37.9 Å². The van der Waals surface area contributed by atoms with Crippen LogP contribution in [0.15, 0.2) is 24.3 Å². The van der Waals surface area contributed by atoms with Crippen LogP contribution in [-0.2, 0) is 0 Å². The topological polar surface area (TPSA) is 23.5 Å². The Hall–Kier alpha value is -1.02. The summed E-state index contributed by atoms with van der Waals surface area (Å²) in [5, 5.41) is 9.75. The molecule has 2 nitrogen and oxygen atoms in total. The lowest BCUT2D eigenvalue weighted by molar-refractivity contribution is 0.173. The highest BCUT2D eigenvalue weighted by Gasteiger charge is 2.11. The minimum absolute atomic E-state index is 0.331. The van der Waals surface area contributed by atoms with E-state index in [1.807, 2.05) is 19.1 Å². The smallest absolute Gasteiger partial charge is 0.0787 e. The van der Waals surface area contributed by atoms with E-state index in [1.54, 1.807) is 0 Å². The Bertz CT molecular complexity index is 316. The summed E-state index contributed by atoms with van der Waals surface area (Å²) in [4.78, 5) is 2.32. The Morgan fingerprint density at radius 3 is 1.94 bits per heavy atom. The van der Waals surface area contributed by atoms with Crippen LogP contribution in [-0.4, -0.2) is 18.2 Å². The largest absolute Gasteiger partial charge is 0.388 e. The maximum absolute atomic E-state index is 9.75. The molecule has 1 N–H and O–H groups in total. The van der Waals surface area contributed by atoms with Gasteiger partial charge in [0.15, 0.2) is 0 Å². The molecule has 0 aliphatic heterocycles. The monoisotopic (exact) mass is 235 g/mol. The van der Waals surface area contributed by atoms with Gasteiger partial charge >= 0.3 is 0 Å². The van der Waals surface area contributed by atoms with Crippen LogP contribution in [0.2, 0.25) is 0 Å². The van der Waals surface area contributed by atoms with Crippen molar-refractivity contribution < 1.29 is 5.11 Å². The molecule has 1 rings (SSSR count). The van der Waals surface area contributed by atoms with Gasteiger partial charge in [-0.1, -0.05) is 32.9 Å². The van der Waals surface area contributed by atoms with Crippen LogP contribution in [0.25, 0.3) is 0 Å². The van der Waals surface area contributed by atoms with Crippen LogP contribution in [0, 0.1) is 0 Å². The average molecular weight is 235 g/mol. The molecule has 1 atom stereocenters. The van der Waals surface area contributed by atoms with Gasteiger partial charge in [-0.2, -0.15) is 0 Å². The molecule has 0 aliphatic rings. The minimum Gasteiger partial charge on any atom is -0.388 e. The second kappa shape index (κ2) is 6.65. The molecule has 1 aromatic carbocycles. The first-order chi connectivity index (χ1) is 8.13. The van der Waals surface area contributed by atoms with Crippen molar-refractivity contribution in [2.45, 2.75) is 52.2 Å². The summed E-state index contributed by atoms with van der Waals surface area (Å²) in [5.74, 6) is 0. The molecular formula is C15H25NO. The van der Waals surface area contributed by atoms with Crippen LogP contribution >= 0.6 is 0 Å². The molecule has 2 heteroatoms. The molecule has 0 spiro atoms. The van der Waals surface area contributed by atoms with E-state index in [-0.39, 0.29) is 6.10 Å². The number of aliphatic hydroxyl groups excluding tert-OH is 1. The fourth-order valence-electron chi connectivity index (χ4n) is 2.21. The van der Waals surface area contributed by atoms with Crippen LogP contribution in [0.3, 0.4) is 0 Å². The third-order valence-corrected chi connectivity index (χ3v) is 3.56. The van der Waals surface area contributed by atoms with E-state index >= 15 is 0 Å². The third kappa shape index (κ3) is 3.47. The standard InChI is InChI=1S/C15H25NO/c1-5-13(6-2)16(4)14-10-8-12(9-11-14)15(17)7-3/h8-11,13,15,17H,5-7H2,1-4H3. The molecule has 0 amide bonds. The van der Waals surface area contributed by atoms with Crippen molar-refractivity contribution in [2.75, 3.05) is 11.9 Å². The SMILES string of the molecule is CCC(O)c1ccc(N(C)C(CC)CC)cc1. The predicted molar refractivity (Wildman–Crippen MR) is 74.5 cm³/mol. The summed E-state index contributed by atoms with van der Waals surface area (Å²) in [6.45, 7) is 6.44. The fraction of sp³-hybridized carbons (Fsp3) is 0.600. The molecule has 0 radical (unpaired) electrons. The molecule has 0 fully saturated rings. The van der Waals surface area contributed by atoms with Gasteiger partial charge in [0.05, 0.1) is 6.10 Å². The molecule has 0 aromatic heterocycles. The van der Waals surface area contributed by atoms with Gasteiger partial charge in [0, 0.05) is 18.8 Å². The molecule has 1 unspecified atom stereocenters. The van der Waals surface area contributed by atoms with Gasteiger partial charge in [0.2, 0.25) is 0 Å². The van der Waals surface area contributed by atoms with Gasteiger partial charge in [-0.15, -0.1) is 0 Å². The van der Waals surface area contributed by atoms with E-state index in [0.717, 1.165) is 24.8 Å². The summed E-state index contributed by atoms with van der Waals surface area (Å²) < 4.78 is 0. The highest BCUT2D eigenvalue weighted by atomic mass is 16.3. The van der Waals surface area contributed by atoms with E-state index in [4.69, 9.17) is 0 Å². The minimum atomic E-state index is -0.331. The van der Waals surface area contributed by atoms with E-state index in [1.165, 1.54) is 5.69 Å². The summed E-state index contributed by atoms with van der Waals surface area (Å²) in [5.41, 5.74) is 2.24. The number of benzene rings is 1. The van der Waals surface area contributed by atoms with E-state index in [9.17, 15) is 5.11 Å². The summed E-state index contributed by atoms with van der Waals surface area (Å²) >= 11 is 0. The molecule has 0 saturated carbocycles. The third-order valence-electron chi connectivity index (χ3n) is 3.56. The molecule has 1 aromatic rings. The first-order valence-corrected chi connectivity index (χ1v) is 6.64.